The van der Waals surface area contributed by atoms with Crippen molar-refractivity contribution in [2.45, 2.75) is 39.5 Å². The standard InChI is InChI=1S/C9H18O/c1-3-9(7-10)6-4-5-8(9)2/h8,10H,3-7H2,1-2H3. The van der Waals surface area contributed by atoms with Crippen molar-refractivity contribution in [2.24, 2.45) is 11.3 Å². The number of rotatable bonds is 2. The molecule has 2 unspecified atom stereocenters. The Morgan fingerprint density at radius 3 is 2.50 bits per heavy atom. The van der Waals surface area contributed by atoms with E-state index in [9.17, 15) is 5.11 Å². The Morgan fingerprint density at radius 2 is 2.30 bits per heavy atom. The fourth-order valence-electron chi connectivity index (χ4n) is 2.18. The third kappa shape index (κ3) is 1.07. The summed E-state index contributed by atoms with van der Waals surface area (Å²) in [6.45, 7) is 4.86. The van der Waals surface area contributed by atoms with Gasteiger partial charge in [0.05, 0.1) is 0 Å². The zero-order valence-corrected chi connectivity index (χ0v) is 7.06. The molecular formula is C9H18O. The van der Waals surface area contributed by atoms with Gasteiger partial charge in [0.25, 0.3) is 0 Å². The van der Waals surface area contributed by atoms with Crippen LogP contribution in [0.1, 0.15) is 39.5 Å². The van der Waals surface area contributed by atoms with E-state index in [0.717, 1.165) is 12.3 Å². The molecule has 10 heavy (non-hydrogen) atoms. The van der Waals surface area contributed by atoms with Gasteiger partial charge in [-0.15, -0.1) is 0 Å². The lowest BCUT2D eigenvalue weighted by molar-refractivity contribution is 0.0870. The summed E-state index contributed by atoms with van der Waals surface area (Å²) >= 11 is 0. The highest BCUT2D eigenvalue weighted by Gasteiger charge is 2.37. The normalized spacial score (nSPS) is 40.5. The highest BCUT2D eigenvalue weighted by atomic mass is 16.3. The zero-order chi connectivity index (χ0) is 7.61. The van der Waals surface area contributed by atoms with Gasteiger partial charge in [0, 0.05) is 6.61 Å². The van der Waals surface area contributed by atoms with Gasteiger partial charge in [-0.1, -0.05) is 26.7 Å². The van der Waals surface area contributed by atoms with Crippen LogP contribution in [0.3, 0.4) is 0 Å². The Balaban J connectivity index is 2.61. The fourth-order valence-corrected chi connectivity index (χ4v) is 2.18. The topological polar surface area (TPSA) is 20.2 Å². The van der Waals surface area contributed by atoms with Gasteiger partial charge in [-0.05, 0) is 24.2 Å². The van der Waals surface area contributed by atoms with E-state index in [4.69, 9.17) is 0 Å². The van der Waals surface area contributed by atoms with Crippen molar-refractivity contribution < 1.29 is 5.11 Å². The first-order valence-corrected chi connectivity index (χ1v) is 4.36. The van der Waals surface area contributed by atoms with Gasteiger partial charge in [0.1, 0.15) is 0 Å². The van der Waals surface area contributed by atoms with E-state index in [0.29, 0.717) is 12.0 Å². The van der Waals surface area contributed by atoms with Crippen molar-refractivity contribution in [1.82, 2.24) is 0 Å². The summed E-state index contributed by atoms with van der Waals surface area (Å²) in [6, 6.07) is 0. The molecular weight excluding hydrogens is 124 g/mol. The Labute approximate surface area is 63.4 Å². The molecule has 0 bridgehead atoms. The van der Waals surface area contributed by atoms with Crippen LogP contribution in [0.2, 0.25) is 0 Å². The molecule has 1 heteroatoms. The second-order valence-corrected chi connectivity index (χ2v) is 3.67. The predicted octanol–water partition coefficient (Wildman–Crippen LogP) is 2.20. The van der Waals surface area contributed by atoms with Crippen LogP contribution >= 0.6 is 0 Å². The molecule has 0 saturated heterocycles. The van der Waals surface area contributed by atoms with Crippen molar-refractivity contribution in [3.05, 3.63) is 0 Å². The summed E-state index contributed by atoms with van der Waals surface area (Å²) in [5, 5.41) is 9.19. The molecule has 1 nitrogen and oxygen atoms in total. The Kier molecular flexibility index (Phi) is 2.35. The van der Waals surface area contributed by atoms with Crippen molar-refractivity contribution in [3.63, 3.8) is 0 Å². The Morgan fingerprint density at radius 1 is 1.60 bits per heavy atom. The van der Waals surface area contributed by atoms with Gasteiger partial charge in [0.2, 0.25) is 0 Å². The van der Waals surface area contributed by atoms with Crippen LogP contribution in [-0.4, -0.2) is 11.7 Å². The van der Waals surface area contributed by atoms with Crippen LogP contribution < -0.4 is 0 Å². The van der Waals surface area contributed by atoms with Crippen molar-refractivity contribution in [3.8, 4) is 0 Å². The third-order valence-corrected chi connectivity index (χ3v) is 3.38. The van der Waals surface area contributed by atoms with E-state index in [1.807, 2.05) is 0 Å². The van der Waals surface area contributed by atoms with Crippen LogP contribution in [0.4, 0.5) is 0 Å². The highest BCUT2D eigenvalue weighted by Crippen LogP contribution is 2.44. The SMILES string of the molecule is CCC1(CO)CCCC1C. The first-order chi connectivity index (χ1) is 4.75. The molecule has 0 radical (unpaired) electrons. The average Bonchev–Trinajstić information content (AvgIpc) is 2.32. The molecule has 0 aromatic carbocycles. The largest absolute Gasteiger partial charge is 0.396 e. The number of aliphatic hydroxyl groups excluding tert-OH is 1. The van der Waals surface area contributed by atoms with Gasteiger partial charge in [-0.3, -0.25) is 0 Å². The van der Waals surface area contributed by atoms with Crippen LogP contribution in [0.25, 0.3) is 0 Å². The van der Waals surface area contributed by atoms with Gasteiger partial charge < -0.3 is 5.11 Å². The average molecular weight is 142 g/mol. The maximum atomic E-state index is 9.19. The lowest BCUT2D eigenvalue weighted by atomic mass is 9.77. The molecule has 0 amide bonds. The van der Waals surface area contributed by atoms with Gasteiger partial charge in [0.15, 0.2) is 0 Å². The molecule has 1 N–H and O–H groups in total. The molecule has 1 rings (SSSR count). The summed E-state index contributed by atoms with van der Waals surface area (Å²) in [6.07, 6.45) is 5.01. The van der Waals surface area contributed by atoms with Gasteiger partial charge >= 0.3 is 0 Å². The smallest absolute Gasteiger partial charge is 0.0489 e. The molecule has 1 aliphatic rings. The molecule has 0 aliphatic heterocycles. The van der Waals surface area contributed by atoms with E-state index in [1.165, 1.54) is 19.3 Å². The van der Waals surface area contributed by atoms with Crippen molar-refractivity contribution >= 4 is 0 Å². The quantitative estimate of drug-likeness (QED) is 0.626. The molecule has 0 aromatic rings. The minimum atomic E-state index is 0.292. The molecule has 0 aromatic heterocycles. The molecule has 1 saturated carbocycles. The van der Waals surface area contributed by atoms with E-state index in [1.54, 1.807) is 0 Å². The first-order valence-electron chi connectivity index (χ1n) is 4.36. The van der Waals surface area contributed by atoms with Crippen molar-refractivity contribution in [2.75, 3.05) is 6.61 Å². The molecule has 1 aliphatic carbocycles. The monoisotopic (exact) mass is 142 g/mol. The Hall–Kier alpha value is -0.0400. The maximum absolute atomic E-state index is 9.19. The minimum absolute atomic E-state index is 0.292. The summed E-state index contributed by atoms with van der Waals surface area (Å²) in [5.74, 6) is 0.738. The first kappa shape index (κ1) is 8.06. The summed E-state index contributed by atoms with van der Waals surface area (Å²) in [7, 11) is 0. The fraction of sp³-hybridized carbons (Fsp3) is 1.00. The van der Waals surface area contributed by atoms with Crippen molar-refractivity contribution in [1.29, 1.82) is 0 Å². The third-order valence-electron chi connectivity index (χ3n) is 3.38. The number of hydrogen-bond acceptors (Lipinski definition) is 1. The van der Waals surface area contributed by atoms with Crippen LogP contribution in [0, 0.1) is 11.3 Å². The maximum Gasteiger partial charge on any atom is 0.0489 e. The van der Waals surface area contributed by atoms with Crippen LogP contribution in [-0.2, 0) is 0 Å². The van der Waals surface area contributed by atoms with E-state index in [-0.39, 0.29) is 0 Å². The van der Waals surface area contributed by atoms with Gasteiger partial charge in [-0.25, -0.2) is 0 Å². The second kappa shape index (κ2) is 2.91. The van der Waals surface area contributed by atoms with Gasteiger partial charge in [-0.2, -0.15) is 0 Å². The molecule has 60 valence electrons. The molecule has 0 heterocycles. The summed E-state index contributed by atoms with van der Waals surface area (Å²) in [4.78, 5) is 0. The zero-order valence-electron chi connectivity index (χ0n) is 7.06. The molecule has 1 fully saturated rings. The lowest BCUT2D eigenvalue weighted by Gasteiger charge is -2.30. The number of aliphatic hydroxyl groups is 1. The predicted molar refractivity (Wildman–Crippen MR) is 42.8 cm³/mol. The molecule has 2 atom stereocenters. The Bertz CT molecular complexity index is 105. The van der Waals surface area contributed by atoms with Crippen LogP contribution in [0.15, 0.2) is 0 Å². The summed E-state index contributed by atoms with van der Waals surface area (Å²) < 4.78 is 0. The van der Waals surface area contributed by atoms with E-state index in [2.05, 4.69) is 13.8 Å². The highest BCUT2D eigenvalue weighted by molar-refractivity contribution is 4.87. The number of hydrogen-bond donors (Lipinski definition) is 1. The second-order valence-electron chi connectivity index (χ2n) is 3.67. The van der Waals surface area contributed by atoms with E-state index < -0.39 is 0 Å². The molecule has 0 spiro atoms. The minimum Gasteiger partial charge on any atom is -0.396 e. The van der Waals surface area contributed by atoms with Crippen LogP contribution in [0.5, 0.6) is 0 Å². The summed E-state index contributed by atoms with van der Waals surface area (Å²) in [5.41, 5.74) is 0.292. The van der Waals surface area contributed by atoms with E-state index >= 15 is 0 Å². The lowest BCUT2D eigenvalue weighted by Crippen LogP contribution is -2.26.